The van der Waals surface area contributed by atoms with Crippen LogP contribution in [0.25, 0.3) is 11.1 Å². The number of ether oxygens (including phenoxy) is 1. The number of aromatic nitrogens is 3. The Labute approximate surface area is 278 Å². The van der Waals surface area contributed by atoms with Gasteiger partial charge < -0.3 is 36.0 Å². The molecule has 5 rings (SSSR count). The number of β-lactam (4-membered cyclic amide) rings is 1. The molecule has 48 heavy (non-hydrogen) atoms. The number of hydrogen-bond donors (Lipinski definition) is 4. The number of aliphatic carboxylic acids is 1. The second-order valence-corrected chi connectivity index (χ2v) is 13.5. The molecule has 0 radical (unpaired) electrons. The van der Waals surface area contributed by atoms with Gasteiger partial charge in [-0.3, -0.25) is 9.59 Å². The Morgan fingerprint density at radius 1 is 1.35 bits per heavy atom. The Morgan fingerprint density at radius 3 is 2.73 bits per heavy atom. The third kappa shape index (κ3) is 7.26. The fourth-order valence-electron chi connectivity index (χ4n) is 5.39. The predicted octanol–water partition coefficient (Wildman–Crippen LogP) is -0.568. The molecule has 1 unspecified atom stereocenters. The number of nitrogens with two attached hydrogens (primary N) is 2. The van der Waals surface area contributed by atoms with Gasteiger partial charge in [-0.1, -0.05) is 11.2 Å². The number of carbonyl (C=O) groups excluding carboxylic acids is 2. The second-order valence-electron chi connectivity index (χ2n) is 11.7. The van der Waals surface area contributed by atoms with Crippen LogP contribution in [0.2, 0.25) is 0 Å². The van der Waals surface area contributed by atoms with E-state index in [9.17, 15) is 32.5 Å². The molecule has 0 aliphatic carbocycles. The third-order valence-corrected chi connectivity index (χ3v) is 8.92. The molecule has 1 aromatic carbocycles. The molecule has 258 valence electrons. The minimum Gasteiger partial charge on any atom is -0.724 e. The van der Waals surface area contributed by atoms with Crippen molar-refractivity contribution in [2.75, 3.05) is 12.3 Å². The first-order valence-corrected chi connectivity index (χ1v) is 16.8. The number of fused-ring (bicyclic) bond motifs is 1. The number of carboxylic acids is 1. The summed E-state index contributed by atoms with van der Waals surface area (Å²) in [6, 6.07) is 4.27. The lowest BCUT2D eigenvalue weighted by Crippen LogP contribution is -2.76. The predicted molar refractivity (Wildman–Crippen MR) is 167 cm³/mol. The summed E-state index contributed by atoms with van der Waals surface area (Å²) in [5.41, 5.74) is 12.2. The zero-order valence-corrected chi connectivity index (χ0v) is 27.7. The summed E-state index contributed by atoms with van der Waals surface area (Å²) >= 11 is 0.967. The number of aryl methyl sites for hydroxylation is 3. The maximum atomic E-state index is 13.4. The standard InChI is InChI=1S/C28H34N8O10S2/c1-28(2)23(25(38)36(28)46-48(41,42)43)32-24(37)21(18-14-47-27(30)31-18)33-45-22(26(39)40)20-8-6-16-11-15(5-7-19(16)44-20)17-12-34(3)35(13-17)10-4-9-29/h5,7,11-14,20,22-23H,4,6,8-10,29H2,1-3H3,(H4-,30,31,32,37,39,40,41,42,43)/b33-21-/t20-,22-,23?/m0/s1. The van der Waals surface area contributed by atoms with Gasteiger partial charge in [0.15, 0.2) is 17.9 Å². The molecule has 2 aliphatic rings. The molecule has 0 spiro atoms. The molecule has 4 heterocycles. The summed E-state index contributed by atoms with van der Waals surface area (Å²) in [6.07, 6.45) is 2.95. The van der Waals surface area contributed by atoms with Crippen molar-refractivity contribution in [3.8, 4) is 16.9 Å². The number of rotatable bonds is 13. The van der Waals surface area contributed by atoms with Crippen LogP contribution in [0.1, 0.15) is 37.9 Å². The summed E-state index contributed by atoms with van der Waals surface area (Å²) in [4.78, 5) is 47.7. The first-order chi connectivity index (χ1) is 22.6. The number of nitrogen functional groups attached to an aromatic ring is 1. The van der Waals surface area contributed by atoms with Crippen LogP contribution in [0, 0.1) is 0 Å². The van der Waals surface area contributed by atoms with Crippen molar-refractivity contribution < 1.29 is 51.0 Å². The van der Waals surface area contributed by atoms with Crippen LogP contribution in [0.3, 0.4) is 0 Å². The topological polar surface area (TPSA) is 258 Å². The van der Waals surface area contributed by atoms with Gasteiger partial charge >= 0.3 is 5.97 Å². The maximum Gasteiger partial charge on any atom is 0.351 e. The Hall–Kier alpha value is -4.63. The molecule has 0 bridgehead atoms. The van der Waals surface area contributed by atoms with Crippen molar-refractivity contribution in [1.82, 2.24) is 20.0 Å². The minimum absolute atomic E-state index is 0.0630. The van der Waals surface area contributed by atoms with Gasteiger partial charge in [0.1, 0.15) is 23.6 Å². The number of hydrogen-bond acceptors (Lipinski definition) is 14. The van der Waals surface area contributed by atoms with Gasteiger partial charge in [-0.25, -0.2) is 18.2 Å². The van der Waals surface area contributed by atoms with Gasteiger partial charge in [-0.05, 0) is 62.9 Å². The van der Waals surface area contributed by atoms with Crippen molar-refractivity contribution in [2.45, 2.75) is 63.4 Å². The largest absolute Gasteiger partial charge is 0.724 e. The summed E-state index contributed by atoms with van der Waals surface area (Å²) in [5.74, 6) is -2.98. The molecular weight excluding hydrogens is 672 g/mol. The Balaban J connectivity index is 1.32. The quantitative estimate of drug-likeness (QED) is 0.0434. The zero-order valence-electron chi connectivity index (χ0n) is 26.1. The Kier molecular flexibility index (Phi) is 9.74. The number of benzene rings is 1. The lowest BCUT2D eigenvalue weighted by atomic mass is 9.84. The van der Waals surface area contributed by atoms with Gasteiger partial charge in [-0.2, -0.15) is 14.0 Å². The number of anilines is 1. The molecule has 18 nitrogen and oxygen atoms in total. The molecule has 2 aromatic heterocycles. The molecule has 1 saturated heterocycles. The second kappa shape index (κ2) is 13.5. The van der Waals surface area contributed by atoms with Crippen molar-refractivity contribution in [3.05, 3.63) is 47.2 Å². The van der Waals surface area contributed by atoms with Gasteiger partial charge in [0.2, 0.25) is 16.6 Å². The minimum atomic E-state index is -5.27. The lowest BCUT2D eigenvalue weighted by molar-refractivity contribution is -0.753. The van der Waals surface area contributed by atoms with Crippen molar-refractivity contribution in [1.29, 1.82) is 0 Å². The summed E-state index contributed by atoms with van der Waals surface area (Å²) in [6.45, 7) is 4.06. The van der Waals surface area contributed by atoms with Crippen molar-refractivity contribution >= 4 is 50.4 Å². The van der Waals surface area contributed by atoms with E-state index in [4.69, 9.17) is 21.0 Å². The van der Waals surface area contributed by atoms with Crippen LogP contribution in [0.5, 0.6) is 5.75 Å². The number of amides is 2. The van der Waals surface area contributed by atoms with E-state index in [-0.39, 0.29) is 17.2 Å². The molecule has 6 N–H and O–H groups in total. The Bertz CT molecular complexity index is 1870. The monoisotopic (exact) mass is 706 g/mol. The van der Waals surface area contributed by atoms with Crippen LogP contribution in [0.15, 0.2) is 41.1 Å². The highest BCUT2D eigenvalue weighted by Gasteiger charge is 2.57. The molecular formula is C28H34N8O10S2. The van der Waals surface area contributed by atoms with Crippen LogP contribution in [0.4, 0.5) is 5.13 Å². The van der Waals surface area contributed by atoms with Crippen LogP contribution in [-0.2, 0) is 53.9 Å². The Morgan fingerprint density at radius 2 is 2.10 bits per heavy atom. The van der Waals surface area contributed by atoms with Crippen molar-refractivity contribution in [2.24, 2.45) is 17.9 Å². The number of nitrogens with zero attached hydrogens (tertiary/aromatic N) is 5. The van der Waals surface area contributed by atoms with E-state index in [2.05, 4.69) is 24.4 Å². The molecule has 1 fully saturated rings. The molecule has 2 aliphatic heterocycles. The van der Waals surface area contributed by atoms with Crippen molar-refractivity contribution in [3.63, 3.8) is 0 Å². The lowest BCUT2D eigenvalue weighted by Gasteiger charge is -2.51. The SMILES string of the molecule is C[n+]1cc(-c2ccc3c(c2)CC[C@@H]([C@H](O/N=C(\C(=O)NC2C(=O)N(OS(=O)(=O)[O-])C2(C)C)c2csc(N)n2)C(=O)O)O3)cn1CCCN. The molecule has 0 saturated carbocycles. The van der Waals surface area contributed by atoms with Gasteiger partial charge in [0.05, 0.1) is 23.8 Å². The third-order valence-electron chi connectivity index (χ3n) is 7.92. The average Bonchev–Trinajstić information content (AvgIpc) is 3.63. The fourth-order valence-corrected chi connectivity index (χ4v) is 6.38. The average molecular weight is 707 g/mol. The number of nitrogens with one attached hydrogen (secondary N) is 1. The number of hydroxylamine groups is 2. The zero-order chi connectivity index (χ0) is 35.0. The highest BCUT2D eigenvalue weighted by Crippen LogP contribution is 2.34. The number of thiazole rings is 1. The highest BCUT2D eigenvalue weighted by molar-refractivity contribution is 7.80. The van der Waals surface area contributed by atoms with E-state index in [1.165, 1.54) is 19.2 Å². The van der Waals surface area contributed by atoms with E-state index < -0.39 is 57.7 Å². The number of oxime groups is 1. The molecule has 3 atom stereocenters. The van der Waals surface area contributed by atoms with E-state index in [0.29, 0.717) is 23.8 Å². The molecule has 20 heteroatoms. The summed E-state index contributed by atoms with van der Waals surface area (Å²) < 4.78 is 47.4. The molecule has 2 amide bonds. The fraction of sp³-hybridized carbons (Fsp3) is 0.429. The van der Waals surface area contributed by atoms with Gasteiger partial charge in [0.25, 0.3) is 17.9 Å². The molecule has 3 aromatic rings. The summed E-state index contributed by atoms with van der Waals surface area (Å²) in [5, 5.41) is 18.0. The highest BCUT2D eigenvalue weighted by atomic mass is 32.3. The van der Waals surface area contributed by atoms with Gasteiger partial charge in [-0.15, -0.1) is 16.0 Å². The normalized spacial score (nSPS) is 19.6. The van der Waals surface area contributed by atoms with Crippen LogP contribution < -0.4 is 26.2 Å². The van der Waals surface area contributed by atoms with E-state index in [1.807, 2.05) is 36.3 Å². The van der Waals surface area contributed by atoms with Gasteiger partial charge in [0, 0.05) is 5.38 Å². The number of carboxylic acid groups (broad SMARTS) is 1. The van der Waals surface area contributed by atoms with E-state index in [0.717, 1.165) is 41.0 Å². The first kappa shape index (κ1) is 34.7. The first-order valence-electron chi connectivity index (χ1n) is 14.6. The summed E-state index contributed by atoms with van der Waals surface area (Å²) in [7, 11) is -3.32. The van der Waals surface area contributed by atoms with E-state index >= 15 is 0 Å². The maximum absolute atomic E-state index is 13.4. The number of carbonyl (C=O) groups is 3. The van der Waals surface area contributed by atoms with Crippen LogP contribution >= 0.6 is 11.3 Å². The smallest absolute Gasteiger partial charge is 0.351 e. The van der Waals surface area contributed by atoms with E-state index in [1.54, 1.807) is 6.07 Å². The van der Waals surface area contributed by atoms with Crippen LogP contribution in [-0.4, -0.2) is 86.6 Å².